The number of carbonyl (C=O) groups excluding carboxylic acids is 1. The molecule has 1 aliphatic heterocycles. The standard InChI is InChI=1S/C28H30ClNO6/c1-32-10-11-33-25-17-23-26(28-27(25)34-12-13-35-28)24(8-9-30-23)36-21-7-6-19(22(29)16-21)15-20(31)14-18-4-2-3-5-18/h6-9,16-18H,2-5,10-15H2,1H3. The third-order valence-corrected chi connectivity index (χ3v) is 6.97. The lowest BCUT2D eigenvalue weighted by molar-refractivity contribution is -0.119. The monoisotopic (exact) mass is 511 g/mol. The van der Waals surface area contributed by atoms with Crippen LogP contribution in [0.2, 0.25) is 5.02 Å². The van der Waals surface area contributed by atoms with E-state index in [0.717, 1.165) is 18.4 Å². The quantitative estimate of drug-likeness (QED) is 0.301. The summed E-state index contributed by atoms with van der Waals surface area (Å²) in [5.41, 5.74) is 1.47. The van der Waals surface area contributed by atoms with Crippen molar-refractivity contribution in [3.05, 3.63) is 47.1 Å². The van der Waals surface area contributed by atoms with Gasteiger partial charge in [0.1, 0.15) is 37.1 Å². The second-order valence-electron chi connectivity index (χ2n) is 9.20. The van der Waals surface area contributed by atoms with Crippen LogP contribution >= 0.6 is 11.6 Å². The van der Waals surface area contributed by atoms with Crippen LogP contribution in [0.1, 0.15) is 37.7 Å². The van der Waals surface area contributed by atoms with Crippen molar-refractivity contribution in [1.82, 2.24) is 4.98 Å². The highest BCUT2D eigenvalue weighted by Gasteiger charge is 2.25. The lowest BCUT2D eigenvalue weighted by Gasteiger charge is -2.23. The molecule has 0 radical (unpaired) electrons. The maximum atomic E-state index is 12.6. The Bertz CT molecular complexity index is 1240. The van der Waals surface area contributed by atoms with Gasteiger partial charge in [-0.1, -0.05) is 43.4 Å². The number of halogens is 1. The number of pyridine rings is 1. The summed E-state index contributed by atoms with van der Waals surface area (Å²) >= 11 is 6.56. The molecule has 8 heteroatoms. The summed E-state index contributed by atoms with van der Waals surface area (Å²) in [6.45, 7) is 1.66. The highest BCUT2D eigenvalue weighted by molar-refractivity contribution is 6.31. The molecule has 36 heavy (non-hydrogen) atoms. The number of nitrogens with zero attached hydrogens (tertiary/aromatic N) is 1. The van der Waals surface area contributed by atoms with E-state index in [9.17, 15) is 4.79 Å². The number of hydrogen-bond acceptors (Lipinski definition) is 7. The fourth-order valence-electron chi connectivity index (χ4n) is 4.88. The lowest BCUT2D eigenvalue weighted by atomic mass is 9.97. The molecule has 5 rings (SSSR count). The topological polar surface area (TPSA) is 76.1 Å². The zero-order chi connectivity index (χ0) is 24.9. The molecule has 0 unspecified atom stereocenters. The van der Waals surface area contributed by atoms with Gasteiger partial charge in [0.15, 0.2) is 11.5 Å². The van der Waals surface area contributed by atoms with E-state index in [-0.39, 0.29) is 5.78 Å². The number of aromatic nitrogens is 1. The second-order valence-corrected chi connectivity index (χ2v) is 9.61. The van der Waals surface area contributed by atoms with E-state index < -0.39 is 0 Å². The number of hydrogen-bond donors (Lipinski definition) is 0. The normalized spacial score (nSPS) is 15.3. The molecule has 1 saturated carbocycles. The third-order valence-electron chi connectivity index (χ3n) is 6.62. The van der Waals surface area contributed by atoms with Gasteiger partial charge in [-0.2, -0.15) is 0 Å². The van der Waals surface area contributed by atoms with Crippen LogP contribution in [0.25, 0.3) is 10.9 Å². The number of rotatable bonds is 10. The van der Waals surface area contributed by atoms with E-state index in [0.29, 0.717) is 89.9 Å². The van der Waals surface area contributed by atoms with Crippen LogP contribution in [-0.2, 0) is 16.0 Å². The van der Waals surface area contributed by atoms with Gasteiger partial charge in [-0.25, -0.2) is 0 Å². The largest absolute Gasteiger partial charge is 0.487 e. The van der Waals surface area contributed by atoms with Crippen molar-refractivity contribution in [2.45, 2.75) is 38.5 Å². The molecule has 0 spiro atoms. The summed E-state index contributed by atoms with van der Waals surface area (Å²) in [6.07, 6.45) is 7.44. The van der Waals surface area contributed by atoms with Gasteiger partial charge in [0.2, 0.25) is 5.75 Å². The first-order valence-electron chi connectivity index (χ1n) is 12.4. The van der Waals surface area contributed by atoms with Crippen LogP contribution in [0.3, 0.4) is 0 Å². The van der Waals surface area contributed by atoms with Gasteiger partial charge in [-0.15, -0.1) is 0 Å². The van der Waals surface area contributed by atoms with Gasteiger partial charge in [-0.05, 0) is 29.7 Å². The highest BCUT2D eigenvalue weighted by atomic mass is 35.5. The Morgan fingerprint density at radius 2 is 1.86 bits per heavy atom. The van der Waals surface area contributed by atoms with E-state index in [2.05, 4.69) is 4.98 Å². The molecule has 0 amide bonds. The van der Waals surface area contributed by atoms with Gasteiger partial charge in [0, 0.05) is 37.2 Å². The van der Waals surface area contributed by atoms with Crippen molar-refractivity contribution in [3.8, 4) is 28.7 Å². The summed E-state index contributed by atoms with van der Waals surface area (Å²) in [6, 6.07) is 9.04. The Kier molecular flexibility index (Phi) is 7.78. The van der Waals surface area contributed by atoms with Gasteiger partial charge >= 0.3 is 0 Å². The molecular weight excluding hydrogens is 482 g/mol. The van der Waals surface area contributed by atoms with Gasteiger partial charge in [0.25, 0.3) is 0 Å². The van der Waals surface area contributed by atoms with Crippen LogP contribution in [0.5, 0.6) is 28.7 Å². The zero-order valence-corrected chi connectivity index (χ0v) is 21.1. The van der Waals surface area contributed by atoms with Crippen molar-refractivity contribution >= 4 is 28.3 Å². The van der Waals surface area contributed by atoms with E-state index >= 15 is 0 Å². The van der Waals surface area contributed by atoms with Crippen LogP contribution in [0, 0.1) is 5.92 Å². The summed E-state index contributed by atoms with van der Waals surface area (Å²) in [5.74, 6) is 3.50. The molecule has 3 aromatic rings. The average molecular weight is 512 g/mol. The highest BCUT2D eigenvalue weighted by Crippen LogP contribution is 2.48. The maximum absolute atomic E-state index is 12.6. The molecule has 190 valence electrons. The predicted octanol–water partition coefficient (Wildman–Crippen LogP) is 6.17. The van der Waals surface area contributed by atoms with Crippen LogP contribution in [0.15, 0.2) is 36.5 Å². The molecular formula is C28H30ClNO6. The number of Topliss-reactive ketones (excluding diaryl/α,β-unsaturated/α-hetero) is 1. The van der Waals surface area contributed by atoms with Gasteiger partial charge in [0.05, 0.1) is 17.5 Å². The zero-order valence-electron chi connectivity index (χ0n) is 20.4. The SMILES string of the molecule is COCCOc1cc2nccc(Oc3ccc(CC(=O)CC4CCCC4)c(Cl)c3)c2c2c1OCCO2. The van der Waals surface area contributed by atoms with Gasteiger partial charge in [-0.3, -0.25) is 9.78 Å². The molecule has 1 fully saturated rings. The van der Waals surface area contributed by atoms with E-state index in [4.69, 9.17) is 35.3 Å². The minimum absolute atomic E-state index is 0.241. The number of benzene rings is 2. The minimum Gasteiger partial charge on any atom is -0.487 e. The molecule has 2 aromatic carbocycles. The summed E-state index contributed by atoms with van der Waals surface area (Å²) in [7, 11) is 1.62. The molecule has 0 N–H and O–H groups in total. The Balaban J connectivity index is 1.38. The van der Waals surface area contributed by atoms with Crippen molar-refractivity contribution in [1.29, 1.82) is 0 Å². The maximum Gasteiger partial charge on any atom is 0.204 e. The second kappa shape index (κ2) is 11.4. The first-order valence-corrected chi connectivity index (χ1v) is 12.8. The molecule has 0 bridgehead atoms. The molecule has 1 aromatic heterocycles. The lowest BCUT2D eigenvalue weighted by Crippen LogP contribution is -2.17. The fraction of sp³-hybridized carbons (Fsp3) is 0.429. The van der Waals surface area contributed by atoms with E-state index in [1.807, 2.05) is 18.2 Å². The number of carbonyl (C=O) groups is 1. The fourth-order valence-corrected chi connectivity index (χ4v) is 5.12. The first-order chi connectivity index (χ1) is 17.6. The number of ether oxygens (including phenoxy) is 5. The van der Waals surface area contributed by atoms with E-state index in [1.54, 1.807) is 25.4 Å². The molecule has 2 aliphatic rings. The minimum atomic E-state index is 0.241. The van der Waals surface area contributed by atoms with Crippen molar-refractivity contribution in [2.24, 2.45) is 5.92 Å². The van der Waals surface area contributed by atoms with Crippen LogP contribution < -0.4 is 18.9 Å². The Labute approximate surface area is 215 Å². The summed E-state index contributed by atoms with van der Waals surface area (Å²) in [5, 5.41) is 1.21. The number of ketones is 1. The summed E-state index contributed by atoms with van der Waals surface area (Å²) < 4.78 is 29.1. The van der Waals surface area contributed by atoms with E-state index in [1.165, 1.54) is 12.8 Å². The third kappa shape index (κ3) is 5.52. The molecule has 7 nitrogen and oxygen atoms in total. The van der Waals surface area contributed by atoms with Crippen molar-refractivity contribution < 1.29 is 28.5 Å². The average Bonchev–Trinajstić information content (AvgIpc) is 3.39. The van der Waals surface area contributed by atoms with Crippen LogP contribution in [0.4, 0.5) is 0 Å². The Morgan fingerprint density at radius 1 is 1.06 bits per heavy atom. The number of fused-ring (bicyclic) bond motifs is 3. The van der Waals surface area contributed by atoms with Crippen molar-refractivity contribution in [2.75, 3.05) is 33.5 Å². The molecule has 2 heterocycles. The Hall–Kier alpha value is -3.03. The number of methoxy groups -OCH3 is 1. The summed E-state index contributed by atoms with van der Waals surface area (Å²) in [4.78, 5) is 17.0. The molecule has 0 atom stereocenters. The molecule has 1 aliphatic carbocycles. The smallest absolute Gasteiger partial charge is 0.204 e. The Morgan fingerprint density at radius 3 is 2.64 bits per heavy atom. The van der Waals surface area contributed by atoms with Gasteiger partial charge < -0.3 is 23.7 Å². The predicted molar refractivity (Wildman–Crippen MR) is 137 cm³/mol. The first kappa shape index (κ1) is 24.7. The molecule has 0 saturated heterocycles. The van der Waals surface area contributed by atoms with Crippen LogP contribution in [-0.4, -0.2) is 44.3 Å². The van der Waals surface area contributed by atoms with Crippen molar-refractivity contribution in [3.63, 3.8) is 0 Å².